The molecule has 5 heteroatoms. The predicted molar refractivity (Wildman–Crippen MR) is 109 cm³/mol. The van der Waals surface area contributed by atoms with Crippen molar-refractivity contribution in [1.82, 2.24) is 15.3 Å². The molecule has 1 aliphatic heterocycles. The molecule has 5 nitrogen and oxygen atoms in total. The van der Waals surface area contributed by atoms with Crippen molar-refractivity contribution in [1.29, 1.82) is 0 Å². The van der Waals surface area contributed by atoms with Gasteiger partial charge in [-0.05, 0) is 37.5 Å². The molecule has 1 aliphatic rings. The molecular weight excluding hydrogens is 322 g/mol. The fourth-order valence-corrected chi connectivity index (χ4v) is 3.62. The number of hydrogen-bond donors (Lipinski definition) is 1. The second-order valence-corrected chi connectivity index (χ2v) is 7.56. The predicted octanol–water partition coefficient (Wildman–Crippen LogP) is 3.33. The summed E-state index contributed by atoms with van der Waals surface area (Å²) in [6, 6.07) is 10.9. The Morgan fingerprint density at radius 3 is 2.35 bits per heavy atom. The van der Waals surface area contributed by atoms with Gasteiger partial charge in [-0.15, -0.1) is 0 Å². The van der Waals surface area contributed by atoms with Crippen molar-refractivity contribution < 1.29 is 0 Å². The van der Waals surface area contributed by atoms with Gasteiger partial charge in [-0.3, -0.25) is 0 Å². The van der Waals surface area contributed by atoms with Gasteiger partial charge in [0.25, 0.3) is 0 Å². The second-order valence-electron chi connectivity index (χ2n) is 7.56. The van der Waals surface area contributed by atoms with E-state index in [9.17, 15) is 0 Å². The Morgan fingerprint density at radius 1 is 0.923 bits per heavy atom. The summed E-state index contributed by atoms with van der Waals surface area (Å²) in [4.78, 5) is 13.9. The molecule has 3 heterocycles. The maximum Gasteiger partial charge on any atom is 0.133 e. The van der Waals surface area contributed by atoms with E-state index in [-0.39, 0.29) is 0 Å². The van der Waals surface area contributed by atoms with Crippen LogP contribution in [0.3, 0.4) is 0 Å². The van der Waals surface area contributed by atoms with Gasteiger partial charge in [-0.2, -0.15) is 0 Å². The molecule has 0 spiro atoms. The van der Waals surface area contributed by atoms with Gasteiger partial charge in [0, 0.05) is 56.7 Å². The van der Waals surface area contributed by atoms with Crippen molar-refractivity contribution in [3.63, 3.8) is 0 Å². The highest BCUT2D eigenvalue weighted by molar-refractivity contribution is 5.49. The minimum atomic E-state index is 0.518. The number of pyridine rings is 2. The lowest BCUT2D eigenvalue weighted by Gasteiger charge is -2.36. The van der Waals surface area contributed by atoms with Crippen molar-refractivity contribution in [2.75, 3.05) is 36.0 Å². The standard InChI is InChI=1S/C21H31N5/c1-17(2)15-18(3)24-16-19-7-6-10-23-21(19)26-13-11-25(12-14-26)20-8-4-5-9-22-20/h4-10,17-18,24H,11-16H2,1-3H3/t18-/m1/s1. The van der Waals surface area contributed by atoms with Crippen LogP contribution in [0.4, 0.5) is 11.6 Å². The zero-order valence-corrected chi connectivity index (χ0v) is 16.2. The molecule has 0 unspecified atom stereocenters. The van der Waals surface area contributed by atoms with Gasteiger partial charge < -0.3 is 15.1 Å². The van der Waals surface area contributed by atoms with Gasteiger partial charge in [0.15, 0.2) is 0 Å². The van der Waals surface area contributed by atoms with E-state index in [1.54, 1.807) is 0 Å². The van der Waals surface area contributed by atoms with Gasteiger partial charge in [0.1, 0.15) is 11.6 Å². The van der Waals surface area contributed by atoms with E-state index in [1.807, 2.05) is 24.5 Å². The number of anilines is 2. The first-order chi connectivity index (χ1) is 12.6. The largest absolute Gasteiger partial charge is 0.353 e. The molecule has 0 aliphatic carbocycles. The molecule has 0 bridgehead atoms. The van der Waals surface area contributed by atoms with Gasteiger partial charge in [-0.1, -0.05) is 26.0 Å². The first-order valence-electron chi connectivity index (χ1n) is 9.71. The van der Waals surface area contributed by atoms with Crippen LogP contribution < -0.4 is 15.1 Å². The third kappa shape index (κ3) is 4.94. The Balaban J connectivity index is 1.60. The molecule has 1 atom stereocenters. The fourth-order valence-electron chi connectivity index (χ4n) is 3.62. The first kappa shape index (κ1) is 18.6. The number of aromatic nitrogens is 2. The third-order valence-corrected chi connectivity index (χ3v) is 4.89. The van der Waals surface area contributed by atoms with E-state index in [1.165, 1.54) is 12.0 Å². The van der Waals surface area contributed by atoms with Crippen LogP contribution in [0.5, 0.6) is 0 Å². The summed E-state index contributed by atoms with van der Waals surface area (Å²) >= 11 is 0. The number of rotatable bonds is 7. The van der Waals surface area contributed by atoms with Crippen molar-refractivity contribution in [2.24, 2.45) is 5.92 Å². The monoisotopic (exact) mass is 353 g/mol. The average molecular weight is 354 g/mol. The molecule has 1 fully saturated rings. The molecule has 2 aromatic heterocycles. The summed E-state index contributed by atoms with van der Waals surface area (Å²) < 4.78 is 0. The topological polar surface area (TPSA) is 44.3 Å². The minimum absolute atomic E-state index is 0.518. The Kier molecular flexibility index (Phi) is 6.45. The molecule has 140 valence electrons. The van der Waals surface area contributed by atoms with Crippen LogP contribution in [0.15, 0.2) is 42.7 Å². The lowest BCUT2D eigenvalue weighted by atomic mass is 10.1. The number of hydrogen-bond acceptors (Lipinski definition) is 5. The SMILES string of the molecule is CC(C)C[C@@H](C)NCc1cccnc1N1CCN(c2ccccn2)CC1. The number of nitrogens with one attached hydrogen (secondary N) is 1. The second kappa shape index (κ2) is 8.99. The maximum atomic E-state index is 4.69. The van der Waals surface area contributed by atoms with E-state index in [0.29, 0.717) is 12.0 Å². The van der Waals surface area contributed by atoms with E-state index in [4.69, 9.17) is 4.98 Å². The van der Waals surface area contributed by atoms with Crippen LogP contribution >= 0.6 is 0 Å². The molecule has 0 aromatic carbocycles. The van der Waals surface area contributed by atoms with Crippen LogP contribution in [0, 0.1) is 5.92 Å². The zero-order valence-electron chi connectivity index (χ0n) is 16.2. The highest BCUT2D eigenvalue weighted by atomic mass is 15.3. The molecule has 3 rings (SSSR count). The highest BCUT2D eigenvalue weighted by Gasteiger charge is 2.21. The van der Waals surface area contributed by atoms with Crippen LogP contribution in [-0.4, -0.2) is 42.2 Å². The quantitative estimate of drug-likeness (QED) is 0.827. The lowest BCUT2D eigenvalue weighted by molar-refractivity contribution is 0.441. The minimum Gasteiger partial charge on any atom is -0.353 e. The summed E-state index contributed by atoms with van der Waals surface area (Å²) in [6.07, 6.45) is 4.96. The molecule has 0 radical (unpaired) electrons. The van der Waals surface area contributed by atoms with E-state index in [0.717, 1.165) is 44.4 Å². The summed E-state index contributed by atoms with van der Waals surface area (Å²) in [5.74, 6) is 2.90. The smallest absolute Gasteiger partial charge is 0.133 e. The molecule has 26 heavy (non-hydrogen) atoms. The first-order valence-corrected chi connectivity index (χ1v) is 9.71. The van der Waals surface area contributed by atoms with Gasteiger partial charge >= 0.3 is 0 Å². The Labute approximate surface area is 157 Å². The summed E-state index contributed by atoms with van der Waals surface area (Å²) in [7, 11) is 0. The van der Waals surface area contributed by atoms with Gasteiger partial charge in [0.05, 0.1) is 0 Å². The van der Waals surface area contributed by atoms with Crippen molar-refractivity contribution in [3.8, 4) is 0 Å². The molecule has 1 N–H and O–H groups in total. The third-order valence-electron chi connectivity index (χ3n) is 4.89. The van der Waals surface area contributed by atoms with Crippen molar-refractivity contribution >= 4 is 11.6 Å². The van der Waals surface area contributed by atoms with Crippen LogP contribution in [-0.2, 0) is 6.54 Å². The zero-order chi connectivity index (χ0) is 18.4. The Hall–Kier alpha value is -2.14. The molecule has 0 amide bonds. The lowest BCUT2D eigenvalue weighted by Crippen LogP contribution is -2.47. The van der Waals surface area contributed by atoms with Gasteiger partial charge in [0.2, 0.25) is 0 Å². The van der Waals surface area contributed by atoms with E-state index in [2.05, 4.69) is 59.1 Å². The fraction of sp³-hybridized carbons (Fsp3) is 0.524. The van der Waals surface area contributed by atoms with Crippen LogP contribution in [0.1, 0.15) is 32.8 Å². The molecule has 0 saturated carbocycles. The van der Waals surface area contributed by atoms with E-state index >= 15 is 0 Å². The number of piperazine rings is 1. The molecule has 1 saturated heterocycles. The number of nitrogens with zero attached hydrogens (tertiary/aromatic N) is 4. The van der Waals surface area contributed by atoms with Crippen molar-refractivity contribution in [3.05, 3.63) is 48.3 Å². The summed E-state index contributed by atoms with van der Waals surface area (Å²) in [6.45, 7) is 11.6. The van der Waals surface area contributed by atoms with Crippen LogP contribution in [0.25, 0.3) is 0 Å². The maximum absolute atomic E-state index is 4.69. The summed E-state index contributed by atoms with van der Waals surface area (Å²) in [5.41, 5.74) is 1.29. The Morgan fingerprint density at radius 2 is 1.65 bits per heavy atom. The Bertz CT molecular complexity index is 665. The normalized spacial score (nSPS) is 16.2. The molecular formula is C21H31N5. The highest BCUT2D eigenvalue weighted by Crippen LogP contribution is 2.21. The molecule has 2 aromatic rings. The van der Waals surface area contributed by atoms with Crippen LogP contribution in [0.2, 0.25) is 0 Å². The van der Waals surface area contributed by atoms with Gasteiger partial charge in [-0.25, -0.2) is 9.97 Å². The van der Waals surface area contributed by atoms with Crippen molar-refractivity contribution in [2.45, 2.75) is 39.8 Å². The van der Waals surface area contributed by atoms with E-state index < -0.39 is 0 Å². The average Bonchev–Trinajstić information content (AvgIpc) is 2.67. The summed E-state index contributed by atoms with van der Waals surface area (Å²) in [5, 5.41) is 3.66.